The first-order valence-electron chi connectivity index (χ1n) is 9.70. The Morgan fingerprint density at radius 1 is 1.15 bits per heavy atom. The van der Waals surface area contributed by atoms with Gasteiger partial charge in [0.25, 0.3) is 15.9 Å². The highest BCUT2D eigenvalue weighted by molar-refractivity contribution is 7.92. The Morgan fingerprint density at radius 2 is 1.82 bits per heavy atom. The minimum absolute atomic E-state index is 0.0393. The summed E-state index contributed by atoms with van der Waals surface area (Å²) in [6.07, 6.45) is 1.20. The van der Waals surface area contributed by atoms with Crippen LogP contribution in [0.25, 0.3) is 0 Å². The molecule has 1 N–H and O–H groups in total. The first-order valence-corrected chi connectivity index (χ1v) is 11.5. The van der Waals surface area contributed by atoms with Crippen LogP contribution >= 0.6 is 11.6 Å². The summed E-state index contributed by atoms with van der Waals surface area (Å²) >= 11 is 5.86. The monoisotopic (exact) mass is 502 g/mol. The molecule has 0 aliphatic carbocycles. The summed E-state index contributed by atoms with van der Waals surface area (Å²) in [7, 11) is -2.78. The molecule has 176 valence electrons. The van der Waals surface area contributed by atoms with Crippen LogP contribution in [-0.2, 0) is 14.8 Å². The number of benzene rings is 3. The lowest BCUT2D eigenvalue weighted by Crippen LogP contribution is -2.39. The molecule has 3 rings (SSSR count). The normalized spacial score (nSPS) is 11.2. The fraction of sp³-hybridized carbons (Fsp3) is 0.0909. The van der Waals surface area contributed by atoms with E-state index in [4.69, 9.17) is 16.3 Å². The van der Waals surface area contributed by atoms with Gasteiger partial charge in [-0.2, -0.15) is 5.10 Å². The Bertz CT molecular complexity index is 1310. The number of hydrazone groups is 1. The van der Waals surface area contributed by atoms with E-state index in [0.717, 1.165) is 4.31 Å². The molecule has 1 amide bonds. The molecule has 0 aliphatic heterocycles. The molecule has 0 radical (unpaired) electrons. The quantitative estimate of drug-likeness (QED) is 0.270. The molecular formula is C22H19ClN4O6S. The number of anilines is 1. The van der Waals surface area contributed by atoms with Crippen LogP contribution in [0.4, 0.5) is 11.4 Å². The zero-order valence-electron chi connectivity index (χ0n) is 17.8. The average molecular weight is 503 g/mol. The lowest BCUT2D eigenvalue weighted by atomic mass is 10.2. The van der Waals surface area contributed by atoms with Gasteiger partial charge in [-0.05, 0) is 48.5 Å². The van der Waals surface area contributed by atoms with E-state index in [2.05, 4.69) is 10.5 Å². The maximum absolute atomic E-state index is 13.2. The lowest BCUT2D eigenvalue weighted by Gasteiger charge is -2.23. The van der Waals surface area contributed by atoms with E-state index in [1.807, 2.05) is 0 Å². The molecule has 12 heteroatoms. The Labute approximate surface area is 200 Å². The third-order valence-electron chi connectivity index (χ3n) is 4.54. The van der Waals surface area contributed by atoms with Crippen molar-refractivity contribution in [3.63, 3.8) is 0 Å². The molecule has 0 atom stereocenters. The van der Waals surface area contributed by atoms with Gasteiger partial charge in [-0.3, -0.25) is 19.2 Å². The predicted molar refractivity (Wildman–Crippen MR) is 128 cm³/mol. The number of amides is 1. The molecule has 34 heavy (non-hydrogen) atoms. The van der Waals surface area contributed by atoms with Gasteiger partial charge in [0.15, 0.2) is 5.75 Å². The number of carbonyl (C=O) groups excluding carboxylic acids is 1. The van der Waals surface area contributed by atoms with Gasteiger partial charge in [0.2, 0.25) is 0 Å². The van der Waals surface area contributed by atoms with Gasteiger partial charge in [0, 0.05) is 16.7 Å². The number of nitrogens with zero attached hydrogens (tertiary/aromatic N) is 3. The van der Waals surface area contributed by atoms with E-state index in [9.17, 15) is 23.3 Å². The third-order valence-corrected chi connectivity index (χ3v) is 6.58. The maximum atomic E-state index is 13.2. The molecule has 0 bridgehead atoms. The topological polar surface area (TPSA) is 131 Å². The Kier molecular flexibility index (Phi) is 7.82. The van der Waals surface area contributed by atoms with Crippen molar-refractivity contribution >= 4 is 45.1 Å². The van der Waals surface area contributed by atoms with Crippen LogP contribution in [0.15, 0.2) is 82.8 Å². The fourth-order valence-electron chi connectivity index (χ4n) is 2.92. The van der Waals surface area contributed by atoms with E-state index in [1.165, 1.54) is 55.8 Å². The summed E-state index contributed by atoms with van der Waals surface area (Å²) in [5.74, 6) is -0.641. The number of carbonyl (C=O) groups is 1. The Hall–Kier alpha value is -3.96. The number of sulfonamides is 1. The molecule has 0 saturated carbocycles. The van der Waals surface area contributed by atoms with Crippen molar-refractivity contribution in [2.24, 2.45) is 5.10 Å². The second-order valence-electron chi connectivity index (χ2n) is 6.78. The number of methoxy groups -OCH3 is 1. The number of hydrogen-bond donors (Lipinski definition) is 1. The van der Waals surface area contributed by atoms with Crippen molar-refractivity contribution in [3.8, 4) is 5.75 Å². The maximum Gasteiger partial charge on any atom is 0.311 e. The second kappa shape index (κ2) is 10.8. The first-order chi connectivity index (χ1) is 16.2. The van der Waals surface area contributed by atoms with Gasteiger partial charge < -0.3 is 4.74 Å². The van der Waals surface area contributed by atoms with Crippen molar-refractivity contribution in [1.29, 1.82) is 0 Å². The van der Waals surface area contributed by atoms with Crippen LogP contribution in [0, 0.1) is 10.1 Å². The van der Waals surface area contributed by atoms with Gasteiger partial charge in [-0.25, -0.2) is 13.8 Å². The van der Waals surface area contributed by atoms with Crippen molar-refractivity contribution in [1.82, 2.24) is 5.43 Å². The Morgan fingerprint density at radius 3 is 2.44 bits per heavy atom. The molecule has 0 aromatic heterocycles. The fourth-order valence-corrected chi connectivity index (χ4v) is 4.46. The summed E-state index contributed by atoms with van der Waals surface area (Å²) < 4.78 is 32.3. The molecule has 0 aliphatic rings. The number of nitro benzene ring substituents is 1. The van der Waals surface area contributed by atoms with Crippen LogP contribution < -0.4 is 14.5 Å². The van der Waals surface area contributed by atoms with Gasteiger partial charge in [-0.1, -0.05) is 29.8 Å². The van der Waals surface area contributed by atoms with E-state index < -0.39 is 27.4 Å². The SMILES string of the molecule is COc1ccc(/C=N\NC(=O)CN(c2ccccc2)S(=O)(=O)c2ccc(Cl)cc2)cc1[N+](=O)[O-]. The standard InChI is InChI=1S/C22H19ClN4O6S/c1-33-21-12-7-16(13-20(21)27(29)30)14-24-25-22(28)15-26(18-5-3-2-4-6-18)34(31,32)19-10-8-17(23)9-11-19/h2-14H,15H2,1H3,(H,25,28)/b24-14-. The Balaban J connectivity index is 1.80. The summed E-state index contributed by atoms with van der Waals surface area (Å²) in [6, 6.07) is 17.8. The average Bonchev–Trinajstić information content (AvgIpc) is 2.83. The zero-order valence-corrected chi connectivity index (χ0v) is 19.4. The molecule has 0 heterocycles. The van der Waals surface area contributed by atoms with Crippen LogP contribution in [0.5, 0.6) is 5.75 Å². The van der Waals surface area contributed by atoms with E-state index in [1.54, 1.807) is 30.3 Å². The molecule has 0 unspecified atom stereocenters. The number of rotatable bonds is 9. The second-order valence-corrected chi connectivity index (χ2v) is 9.08. The molecular weight excluding hydrogens is 484 g/mol. The summed E-state index contributed by atoms with van der Waals surface area (Å²) in [4.78, 5) is 23.0. The smallest absolute Gasteiger partial charge is 0.311 e. The van der Waals surface area contributed by atoms with Crippen LogP contribution in [0.1, 0.15) is 5.56 Å². The van der Waals surface area contributed by atoms with Crippen molar-refractivity contribution in [2.75, 3.05) is 18.0 Å². The number of hydrogen-bond acceptors (Lipinski definition) is 7. The minimum atomic E-state index is -4.09. The summed E-state index contributed by atoms with van der Waals surface area (Å²) in [5.41, 5.74) is 2.60. The van der Waals surface area contributed by atoms with Crippen molar-refractivity contribution in [3.05, 3.63) is 93.5 Å². The molecule has 10 nitrogen and oxygen atoms in total. The van der Waals surface area contributed by atoms with Gasteiger partial charge in [0.05, 0.1) is 28.8 Å². The van der Waals surface area contributed by atoms with Crippen molar-refractivity contribution < 1.29 is 22.9 Å². The molecule has 3 aromatic rings. The van der Waals surface area contributed by atoms with E-state index in [-0.39, 0.29) is 22.0 Å². The van der Waals surface area contributed by atoms with Crippen molar-refractivity contribution in [2.45, 2.75) is 4.90 Å². The minimum Gasteiger partial charge on any atom is -0.490 e. The lowest BCUT2D eigenvalue weighted by molar-refractivity contribution is -0.385. The number of nitro groups is 1. The van der Waals surface area contributed by atoms with E-state index in [0.29, 0.717) is 10.6 Å². The molecule has 3 aromatic carbocycles. The van der Waals surface area contributed by atoms with Crippen LogP contribution in [-0.4, -0.2) is 39.1 Å². The largest absolute Gasteiger partial charge is 0.490 e. The number of ether oxygens (including phenoxy) is 1. The first kappa shape index (κ1) is 24.7. The highest BCUT2D eigenvalue weighted by Gasteiger charge is 2.27. The number of para-hydroxylation sites is 1. The van der Waals surface area contributed by atoms with Gasteiger partial charge in [-0.15, -0.1) is 0 Å². The third kappa shape index (κ3) is 5.88. The summed E-state index contributed by atoms with van der Waals surface area (Å²) in [5, 5.41) is 15.3. The van der Waals surface area contributed by atoms with E-state index >= 15 is 0 Å². The van der Waals surface area contributed by atoms with Gasteiger partial charge >= 0.3 is 5.69 Å². The van der Waals surface area contributed by atoms with Crippen LogP contribution in [0.2, 0.25) is 5.02 Å². The molecule has 0 saturated heterocycles. The number of nitrogens with one attached hydrogen (secondary N) is 1. The summed E-state index contributed by atoms with van der Waals surface area (Å²) in [6.45, 7) is -0.560. The van der Waals surface area contributed by atoms with Crippen LogP contribution in [0.3, 0.4) is 0 Å². The van der Waals surface area contributed by atoms with Gasteiger partial charge in [0.1, 0.15) is 6.54 Å². The predicted octanol–water partition coefficient (Wildman–Crippen LogP) is 3.60. The zero-order chi connectivity index (χ0) is 24.7. The molecule has 0 spiro atoms. The highest BCUT2D eigenvalue weighted by atomic mass is 35.5. The molecule has 0 fully saturated rings. The number of halogens is 1. The highest BCUT2D eigenvalue weighted by Crippen LogP contribution is 2.27.